The zero-order chi connectivity index (χ0) is 7.56. The van der Waals surface area contributed by atoms with Crippen LogP contribution in [0.15, 0.2) is 22.7 Å². The number of phenols is 1. The van der Waals surface area contributed by atoms with Crippen molar-refractivity contribution in [3.05, 3.63) is 28.2 Å². The Labute approximate surface area is 67.8 Å². The lowest BCUT2D eigenvalue weighted by atomic mass is 10.2. The summed E-state index contributed by atoms with van der Waals surface area (Å²) >= 11 is 3.18. The van der Waals surface area contributed by atoms with Gasteiger partial charge in [0.05, 0.1) is 4.47 Å². The second kappa shape index (κ2) is 3.03. The highest BCUT2D eigenvalue weighted by Gasteiger charge is 1.96. The Morgan fingerprint density at radius 3 is 2.70 bits per heavy atom. The van der Waals surface area contributed by atoms with Crippen LogP contribution in [0.5, 0.6) is 5.75 Å². The van der Waals surface area contributed by atoms with Crippen LogP contribution in [0, 0.1) is 0 Å². The van der Waals surface area contributed by atoms with Gasteiger partial charge in [-0.05, 0) is 33.6 Å². The summed E-state index contributed by atoms with van der Waals surface area (Å²) < 4.78 is 0.690. The van der Waals surface area contributed by atoms with Crippen molar-refractivity contribution in [2.24, 2.45) is 5.73 Å². The molecule has 0 atom stereocenters. The van der Waals surface area contributed by atoms with Crippen LogP contribution < -0.4 is 5.73 Å². The molecule has 0 fully saturated rings. The maximum absolute atomic E-state index is 9.05. The molecule has 3 heteroatoms. The largest absolute Gasteiger partial charge is 0.507 e. The minimum atomic E-state index is 0.247. The maximum Gasteiger partial charge on any atom is 0.129 e. The van der Waals surface area contributed by atoms with E-state index in [0.717, 1.165) is 5.56 Å². The van der Waals surface area contributed by atoms with E-state index in [9.17, 15) is 0 Å². The molecule has 0 bridgehead atoms. The summed E-state index contributed by atoms with van der Waals surface area (Å²) in [4.78, 5) is 0. The number of aromatic hydroxyl groups is 1. The van der Waals surface area contributed by atoms with Gasteiger partial charge in [-0.25, -0.2) is 0 Å². The summed E-state index contributed by atoms with van der Waals surface area (Å²) in [7, 11) is 0. The van der Waals surface area contributed by atoms with E-state index in [-0.39, 0.29) is 5.75 Å². The predicted molar refractivity (Wildman–Crippen MR) is 43.7 cm³/mol. The van der Waals surface area contributed by atoms with Crippen LogP contribution in [0.2, 0.25) is 0 Å². The molecule has 1 aromatic rings. The molecule has 0 saturated carbocycles. The van der Waals surface area contributed by atoms with Crippen molar-refractivity contribution in [1.29, 1.82) is 0 Å². The highest BCUT2D eigenvalue weighted by atomic mass is 79.9. The average Bonchev–Trinajstić information content (AvgIpc) is 1.95. The molecular weight excluding hydrogens is 194 g/mol. The molecule has 1 rings (SSSR count). The Balaban J connectivity index is 3.04. The van der Waals surface area contributed by atoms with Crippen molar-refractivity contribution in [2.45, 2.75) is 6.54 Å². The summed E-state index contributed by atoms with van der Waals surface area (Å²) in [6, 6.07) is 5.21. The van der Waals surface area contributed by atoms with Gasteiger partial charge in [0.15, 0.2) is 0 Å². The monoisotopic (exact) mass is 201 g/mol. The highest BCUT2D eigenvalue weighted by molar-refractivity contribution is 9.10. The second-order valence-electron chi connectivity index (χ2n) is 1.99. The van der Waals surface area contributed by atoms with Gasteiger partial charge in [0, 0.05) is 6.54 Å². The molecule has 0 aliphatic rings. The van der Waals surface area contributed by atoms with Gasteiger partial charge in [0.1, 0.15) is 5.75 Å². The van der Waals surface area contributed by atoms with Gasteiger partial charge in [0.2, 0.25) is 0 Å². The maximum atomic E-state index is 9.05. The van der Waals surface area contributed by atoms with Crippen molar-refractivity contribution in [3.8, 4) is 5.75 Å². The van der Waals surface area contributed by atoms with Gasteiger partial charge >= 0.3 is 0 Å². The second-order valence-corrected chi connectivity index (χ2v) is 2.84. The van der Waals surface area contributed by atoms with E-state index in [1.165, 1.54) is 0 Å². The van der Waals surface area contributed by atoms with E-state index >= 15 is 0 Å². The first-order chi connectivity index (χ1) is 4.74. The van der Waals surface area contributed by atoms with Gasteiger partial charge < -0.3 is 10.8 Å². The first-order valence-corrected chi connectivity index (χ1v) is 3.71. The van der Waals surface area contributed by atoms with Gasteiger partial charge in [-0.1, -0.05) is 6.07 Å². The van der Waals surface area contributed by atoms with E-state index in [0.29, 0.717) is 11.0 Å². The topological polar surface area (TPSA) is 46.2 Å². The van der Waals surface area contributed by atoms with E-state index in [1.54, 1.807) is 18.2 Å². The summed E-state index contributed by atoms with van der Waals surface area (Å²) in [6.07, 6.45) is 0. The predicted octanol–water partition coefficient (Wildman–Crippen LogP) is 1.61. The molecule has 0 saturated heterocycles. The van der Waals surface area contributed by atoms with Crippen LogP contribution in [0.3, 0.4) is 0 Å². The first-order valence-electron chi connectivity index (χ1n) is 2.91. The van der Waals surface area contributed by atoms with E-state index in [4.69, 9.17) is 10.8 Å². The number of rotatable bonds is 1. The normalized spacial score (nSPS) is 9.80. The third kappa shape index (κ3) is 1.49. The van der Waals surface area contributed by atoms with Gasteiger partial charge in [0.25, 0.3) is 0 Å². The number of benzene rings is 1. The zero-order valence-electron chi connectivity index (χ0n) is 5.34. The summed E-state index contributed by atoms with van der Waals surface area (Å²) in [5.74, 6) is 0.247. The number of nitrogens with two attached hydrogens (primary N) is 1. The molecule has 0 aliphatic heterocycles. The fourth-order valence-electron chi connectivity index (χ4n) is 0.677. The molecule has 0 heterocycles. The van der Waals surface area contributed by atoms with Gasteiger partial charge in [-0.15, -0.1) is 0 Å². The number of halogens is 1. The minimum Gasteiger partial charge on any atom is -0.507 e. The SMILES string of the molecule is NCc1ccc(O)c(Br)c1. The Bertz CT molecular complexity index is 237. The molecule has 2 nitrogen and oxygen atoms in total. The molecular formula is C7H8BrNO. The van der Waals surface area contributed by atoms with Crippen molar-refractivity contribution in [3.63, 3.8) is 0 Å². The van der Waals surface area contributed by atoms with Gasteiger partial charge in [-0.3, -0.25) is 0 Å². The van der Waals surface area contributed by atoms with E-state index < -0.39 is 0 Å². The van der Waals surface area contributed by atoms with Crippen LogP contribution in [-0.4, -0.2) is 5.11 Å². The molecule has 0 amide bonds. The molecule has 10 heavy (non-hydrogen) atoms. The Morgan fingerprint density at radius 1 is 1.50 bits per heavy atom. The molecule has 54 valence electrons. The van der Waals surface area contributed by atoms with E-state index in [2.05, 4.69) is 15.9 Å². The van der Waals surface area contributed by atoms with Crippen molar-refractivity contribution >= 4 is 15.9 Å². The number of hydrogen-bond acceptors (Lipinski definition) is 2. The quantitative estimate of drug-likeness (QED) is 0.726. The molecule has 3 N–H and O–H groups in total. The number of hydrogen-bond donors (Lipinski definition) is 2. The highest BCUT2D eigenvalue weighted by Crippen LogP contribution is 2.23. The van der Waals surface area contributed by atoms with Crippen LogP contribution in [0.25, 0.3) is 0 Å². The number of phenolic OH excluding ortho intramolecular Hbond substituents is 1. The molecule has 1 aromatic carbocycles. The van der Waals surface area contributed by atoms with Crippen molar-refractivity contribution in [2.75, 3.05) is 0 Å². The fourth-order valence-corrected chi connectivity index (χ4v) is 1.10. The zero-order valence-corrected chi connectivity index (χ0v) is 6.93. The summed E-state index contributed by atoms with van der Waals surface area (Å²) in [5, 5.41) is 9.05. The Morgan fingerprint density at radius 2 is 2.20 bits per heavy atom. The lowest BCUT2D eigenvalue weighted by molar-refractivity contribution is 0.471. The smallest absolute Gasteiger partial charge is 0.129 e. The third-order valence-electron chi connectivity index (χ3n) is 1.25. The summed E-state index contributed by atoms with van der Waals surface area (Å²) in [6.45, 7) is 0.499. The van der Waals surface area contributed by atoms with Crippen LogP contribution in [0.4, 0.5) is 0 Å². The first kappa shape index (κ1) is 7.57. The van der Waals surface area contributed by atoms with Crippen LogP contribution in [0.1, 0.15) is 5.56 Å². The Hall–Kier alpha value is -0.540. The van der Waals surface area contributed by atoms with Crippen molar-refractivity contribution < 1.29 is 5.11 Å². The van der Waals surface area contributed by atoms with Crippen molar-refractivity contribution in [1.82, 2.24) is 0 Å². The minimum absolute atomic E-state index is 0.247. The average molecular weight is 202 g/mol. The van der Waals surface area contributed by atoms with Crippen LogP contribution in [-0.2, 0) is 6.54 Å². The molecule has 0 aromatic heterocycles. The fraction of sp³-hybridized carbons (Fsp3) is 0.143. The lowest BCUT2D eigenvalue weighted by Crippen LogP contribution is -1.95. The lowest BCUT2D eigenvalue weighted by Gasteiger charge is -1.98. The molecule has 0 spiro atoms. The third-order valence-corrected chi connectivity index (χ3v) is 1.88. The summed E-state index contributed by atoms with van der Waals surface area (Å²) in [5.41, 5.74) is 6.37. The standard InChI is InChI=1S/C7H8BrNO/c8-6-3-5(4-9)1-2-7(6)10/h1-3,10H,4,9H2. The van der Waals surface area contributed by atoms with E-state index in [1.807, 2.05) is 0 Å². The molecule has 0 unspecified atom stereocenters. The molecule has 0 aliphatic carbocycles. The Kier molecular flexibility index (Phi) is 2.29. The van der Waals surface area contributed by atoms with Crippen LogP contribution >= 0.6 is 15.9 Å². The molecule has 0 radical (unpaired) electrons. The van der Waals surface area contributed by atoms with Gasteiger partial charge in [-0.2, -0.15) is 0 Å².